The second-order valence-electron chi connectivity index (χ2n) is 5.95. The van der Waals surface area contributed by atoms with Crippen molar-refractivity contribution in [2.75, 3.05) is 13.1 Å². The van der Waals surface area contributed by atoms with E-state index in [2.05, 4.69) is 5.32 Å². The number of nitrogens with one attached hydrogen (secondary N) is 1. The first-order chi connectivity index (χ1) is 11.5. The van der Waals surface area contributed by atoms with E-state index < -0.39 is 10.0 Å². The minimum atomic E-state index is -3.46. The van der Waals surface area contributed by atoms with Gasteiger partial charge < -0.3 is 5.32 Å². The molecule has 1 aromatic carbocycles. The Morgan fingerprint density at radius 1 is 1.21 bits per heavy atom. The zero-order valence-electron chi connectivity index (χ0n) is 13.4. The molecule has 0 aliphatic carbocycles. The van der Waals surface area contributed by atoms with Gasteiger partial charge in [-0.15, -0.1) is 11.3 Å². The van der Waals surface area contributed by atoms with Crippen molar-refractivity contribution in [1.29, 1.82) is 0 Å². The summed E-state index contributed by atoms with van der Waals surface area (Å²) in [6.45, 7) is 2.72. The van der Waals surface area contributed by atoms with Gasteiger partial charge in [0.05, 0.1) is 9.77 Å². The molecular formula is C17H20N2O3S2. The van der Waals surface area contributed by atoms with Gasteiger partial charge in [0.15, 0.2) is 0 Å². The summed E-state index contributed by atoms with van der Waals surface area (Å²) in [5, 5.41) is 4.86. The van der Waals surface area contributed by atoms with E-state index in [4.69, 9.17) is 0 Å². The molecule has 1 aliphatic rings. The van der Waals surface area contributed by atoms with Crippen LogP contribution < -0.4 is 5.32 Å². The predicted molar refractivity (Wildman–Crippen MR) is 94.7 cm³/mol. The van der Waals surface area contributed by atoms with E-state index in [1.165, 1.54) is 15.6 Å². The molecule has 5 nitrogen and oxygen atoms in total. The van der Waals surface area contributed by atoms with Crippen molar-refractivity contribution in [3.63, 3.8) is 0 Å². The maximum Gasteiger partial charge on any atom is 0.261 e. The molecule has 0 radical (unpaired) electrons. The summed E-state index contributed by atoms with van der Waals surface area (Å²) < 4.78 is 26.9. The maximum absolute atomic E-state index is 12.7. The molecular weight excluding hydrogens is 344 g/mol. The molecule has 128 valence electrons. The Kier molecular flexibility index (Phi) is 5.03. The molecule has 2 heterocycles. The Bertz CT molecular complexity index is 808. The lowest BCUT2D eigenvalue weighted by molar-refractivity contribution is 0.0928. The van der Waals surface area contributed by atoms with Crippen molar-refractivity contribution in [3.05, 3.63) is 52.2 Å². The van der Waals surface area contributed by atoms with Gasteiger partial charge in [0.1, 0.15) is 0 Å². The highest BCUT2D eigenvalue weighted by Crippen LogP contribution is 2.22. The number of nitrogens with zero attached hydrogens (tertiary/aromatic N) is 1. The van der Waals surface area contributed by atoms with Crippen molar-refractivity contribution in [2.45, 2.75) is 30.7 Å². The first-order valence-electron chi connectivity index (χ1n) is 7.88. The molecule has 1 aromatic heterocycles. The summed E-state index contributed by atoms with van der Waals surface area (Å²) in [5.74, 6) is -0.0787. The standard InChI is InChI=1S/C17H20N2O3S2/c1-13-4-2-5-15(12-13)24(21,22)19-9-7-14(8-10-19)18-17(20)16-6-3-11-23-16/h2-6,11-12,14H,7-10H2,1H3,(H,18,20). The number of hydrogen-bond donors (Lipinski definition) is 1. The van der Waals surface area contributed by atoms with Crippen LogP contribution >= 0.6 is 11.3 Å². The van der Waals surface area contributed by atoms with Gasteiger partial charge in [0.25, 0.3) is 5.91 Å². The van der Waals surface area contributed by atoms with Gasteiger partial charge in [0, 0.05) is 19.1 Å². The van der Waals surface area contributed by atoms with Crippen molar-refractivity contribution in [1.82, 2.24) is 9.62 Å². The second-order valence-corrected chi connectivity index (χ2v) is 8.83. The van der Waals surface area contributed by atoms with Crippen molar-refractivity contribution >= 4 is 27.3 Å². The van der Waals surface area contributed by atoms with Crippen LogP contribution in [0.2, 0.25) is 0 Å². The lowest BCUT2D eigenvalue weighted by atomic mass is 10.1. The average molecular weight is 364 g/mol. The van der Waals surface area contributed by atoms with Gasteiger partial charge in [-0.05, 0) is 48.9 Å². The smallest absolute Gasteiger partial charge is 0.261 e. The van der Waals surface area contributed by atoms with Gasteiger partial charge in [-0.1, -0.05) is 18.2 Å². The Hall–Kier alpha value is -1.70. The molecule has 0 saturated carbocycles. The summed E-state index contributed by atoms with van der Waals surface area (Å²) in [6, 6.07) is 10.6. The van der Waals surface area contributed by atoms with Crippen LogP contribution in [0.5, 0.6) is 0 Å². The Labute approximate surface area is 146 Å². The molecule has 0 atom stereocenters. The number of amides is 1. The third-order valence-electron chi connectivity index (χ3n) is 4.16. The normalized spacial score (nSPS) is 16.9. The summed E-state index contributed by atoms with van der Waals surface area (Å²) in [7, 11) is -3.46. The molecule has 1 fully saturated rings. The number of carbonyl (C=O) groups excluding carboxylic acids is 1. The van der Waals surface area contributed by atoms with Crippen LogP contribution in [-0.4, -0.2) is 37.8 Å². The third-order valence-corrected chi connectivity index (χ3v) is 6.92. The number of hydrogen-bond acceptors (Lipinski definition) is 4. The van der Waals surface area contributed by atoms with Crippen molar-refractivity contribution in [3.8, 4) is 0 Å². The minimum absolute atomic E-state index is 0.0172. The Balaban J connectivity index is 1.61. The highest BCUT2D eigenvalue weighted by molar-refractivity contribution is 7.89. The van der Waals surface area contributed by atoms with Crippen LogP contribution in [0.1, 0.15) is 28.1 Å². The third kappa shape index (κ3) is 3.68. The summed E-state index contributed by atoms with van der Waals surface area (Å²) in [4.78, 5) is 13.1. The number of piperidine rings is 1. The second kappa shape index (κ2) is 7.04. The predicted octanol–water partition coefficient (Wildman–Crippen LogP) is 2.64. The zero-order chi connectivity index (χ0) is 17.2. The van der Waals surface area contributed by atoms with E-state index in [0.29, 0.717) is 35.7 Å². The molecule has 0 bridgehead atoms. The molecule has 7 heteroatoms. The average Bonchev–Trinajstić information content (AvgIpc) is 3.10. The van der Waals surface area contributed by atoms with Gasteiger partial charge in [-0.25, -0.2) is 8.42 Å². The van der Waals surface area contributed by atoms with Gasteiger partial charge in [-0.3, -0.25) is 4.79 Å². The Morgan fingerprint density at radius 2 is 1.96 bits per heavy atom. The van der Waals surface area contributed by atoms with E-state index >= 15 is 0 Å². The van der Waals surface area contributed by atoms with Crippen LogP contribution in [0.15, 0.2) is 46.7 Å². The molecule has 3 rings (SSSR count). The molecule has 1 N–H and O–H groups in total. The largest absolute Gasteiger partial charge is 0.349 e. The van der Waals surface area contributed by atoms with E-state index in [1.54, 1.807) is 24.3 Å². The van der Waals surface area contributed by atoms with E-state index in [9.17, 15) is 13.2 Å². The van der Waals surface area contributed by atoms with Crippen LogP contribution in [0.25, 0.3) is 0 Å². The van der Waals surface area contributed by atoms with E-state index in [1.807, 2.05) is 24.4 Å². The minimum Gasteiger partial charge on any atom is -0.349 e. The highest BCUT2D eigenvalue weighted by atomic mass is 32.2. The van der Waals surface area contributed by atoms with Crippen LogP contribution in [0.4, 0.5) is 0 Å². The summed E-state index contributed by atoms with van der Waals surface area (Å²) in [6.07, 6.45) is 1.25. The maximum atomic E-state index is 12.7. The Morgan fingerprint density at radius 3 is 2.58 bits per heavy atom. The lowest BCUT2D eigenvalue weighted by Gasteiger charge is -2.31. The number of aryl methyl sites for hydroxylation is 1. The molecule has 1 aliphatic heterocycles. The fraction of sp³-hybridized carbons (Fsp3) is 0.353. The number of benzene rings is 1. The van der Waals surface area contributed by atoms with E-state index in [0.717, 1.165) is 5.56 Å². The molecule has 2 aromatic rings. The molecule has 0 unspecified atom stereocenters. The van der Waals surface area contributed by atoms with Gasteiger partial charge >= 0.3 is 0 Å². The number of thiophene rings is 1. The molecule has 1 saturated heterocycles. The van der Waals surface area contributed by atoms with Crippen molar-refractivity contribution in [2.24, 2.45) is 0 Å². The van der Waals surface area contributed by atoms with Crippen LogP contribution in [-0.2, 0) is 10.0 Å². The number of carbonyl (C=O) groups is 1. The van der Waals surface area contributed by atoms with Gasteiger partial charge in [-0.2, -0.15) is 4.31 Å². The quantitative estimate of drug-likeness (QED) is 0.907. The SMILES string of the molecule is Cc1cccc(S(=O)(=O)N2CCC(NC(=O)c3cccs3)CC2)c1. The molecule has 1 amide bonds. The number of sulfonamides is 1. The topological polar surface area (TPSA) is 66.5 Å². The van der Waals surface area contributed by atoms with Crippen molar-refractivity contribution < 1.29 is 13.2 Å². The van der Waals surface area contributed by atoms with Crippen LogP contribution in [0.3, 0.4) is 0 Å². The van der Waals surface area contributed by atoms with E-state index in [-0.39, 0.29) is 11.9 Å². The van der Waals surface area contributed by atoms with Gasteiger partial charge in [0.2, 0.25) is 10.0 Å². The first-order valence-corrected chi connectivity index (χ1v) is 10.2. The first kappa shape index (κ1) is 17.1. The molecule has 24 heavy (non-hydrogen) atoms. The lowest BCUT2D eigenvalue weighted by Crippen LogP contribution is -2.46. The fourth-order valence-corrected chi connectivity index (χ4v) is 5.03. The number of rotatable bonds is 4. The monoisotopic (exact) mass is 364 g/mol. The molecule has 0 spiro atoms. The zero-order valence-corrected chi connectivity index (χ0v) is 15.1. The summed E-state index contributed by atoms with van der Waals surface area (Å²) in [5.41, 5.74) is 0.925. The van der Waals surface area contributed by atoms with Crippen LogP contribution in [0, 0.1) is 6.92 Å². The fourth-order valence-electron chi connectivity index (χ4n) is 2.83. The summed E-state index contributed by atoms with van der Waals surface area (Å²) >= 11 is 1.40. The highest BCUT2D eigenvalue weighted by Gasteiger charge is 2.30.